The van der Waals surface area contributed by atoms with Crippen molar-refractivity contribution in [2.75, 3.05) is 31.6 Å². The molecule has 1 aliphatic rings. The number of piperidine rings is 1. The lowest BCUT2D eigenvalue weighted by atomic mass is 10.1. The first-order valence-electron chi connectivity index (χ1n) is 6.48. The molecule has 3 nitrogen and oxygen atoms in total. The molecular weight excluding hydrogens is 212 g/mol. The summed E-state index contributed by atoms with van der Waals surface area (Å²) >= 11 is 0. The predicted octanol–water partition coefficient (Wildman–Crippen LogP) is 2.27. The number of likely N-dealkylation sites (N-methyl/N-ethyl adjacent to an activating group) is 1. The molecule has 1 aromatic rings. The first-order valence-corrected chi connectivity index (χ1v) is 6.48. The van der Waals surface area contributed by atoms with Gasteiger partial charge >= 0.3 is 0 Å². The molecule has 1 aromatic carbocycles. The fraction of sp³-hybridized carbons (Fsp3) is 0.571. The molecule has 0 aromatic heterocycles. The second-order valence-electron chi connectivity index (χ2n) is 4.50. The van der Waals surface area contributed by atoms with E-state index in [0.29, 0.717) is 6.04 Å². The van der Waals surface area contributed by atoms with E-state index in [2.05, 4.69) is 34.5 Å². The van der Waals surface area contributed by atoms with Crippen molar-refractivity contribution in [3.8, 4) is 5.75 Å². The molecule has 0 radical (unpaired) electrons. The zero-order valence-corrected chi connectivity index (χ0v) is 10.8. The largest absolute Gasteiger partial charge is 0.494 e. The van der Waals surface area contributed by atoms with Gasteiger partial charge in [-0.25, -0.2) is 0 Å². The number of ether oxygens (including phenoxy) is 1. The molecule has 1 atom stereocenters. The van der Waals surface area contributed by atoms with E-state index in [1.165, 1.54) is 18.5 Å². The van der Waals surface area contributed by atoms with Gasteiger partial charge < -0.3 is 15.0 Å². The van der Waals surface area contributed by atoms with E-state index in [0.717, 1.165) is 25.4 Å². The van der Waals surface area contributed by atoms with Crippen molar-refractivity contribution < 1.29 is 4.74 Å². The van der Waals surface area contributed by atoms with Crippen LogP contribution in [0.2, 0.25) is 0 Å². The van der Waals surface area contributed by atoms with Crippen LogP contribution in [0.3, 0.4) is 0 Å². The number of hydrogen-bond donors (Lipinski definition) is 1. The molecule has 2 rings (SSSR count). The van der Waals surface area contributed by atoms with Crippen molar-refractivity contribution >= 4 is 5.69 Å². The van der Waals surface area contributed by atoms with Crippen LogP contribution in [0, 0.1) is 0 Å². The number of nitrogens with one attached hydrogen (secondary N) is 1. The minimum Gasteiger partial charge on any atom is -0.494 e. The third kappa shape index (κ3) is 3.13. The van der Waals surface area contributed by atoms with Crippen LogP contribution < -0.4 is 15.0 Å². The first kappa shape index (κ1) is 12.2. The molecule has 1 N–H and O–H groups in total. The number of rotatable bonds is 4. The standard InChI is InChI=1S/C14H22N2O/c1-3-17-14-8-6-13(7-9-14)16-10-4-5-12(11-16)15-2/h6-9,12,15H,3-5,10-11H2,1-2H3. The molecule has 0 aliphatic carbocycles. The molecule has 1 fully saturated rings. The number of anilines is 1. The summed E-state index contributed by atoms with van der Waals surface area (Å²) in [4.78, 5) is 2.44. The van der Waals surface area contributed by atoms with E-state index < -0.39 is 0 Å². The molecule has 94 valence electrons. The van der Waals surface area contributed by atoms with Crippen LogP contribution in [-0.4, -0.2) is 32.8 Å². The van der Waals surface area contributed by atoms with Gasteiger partial charge in [-0.3, -0.25) is 0 Å². The van der Waals surface area contributed by atoms with Gasteiger partial charge in [0.05, 0.1) is 6.61 Å². The summed E-state index contributed by atoms with van der Waals surface area (Å²) in [7, 11) is 2.05. The van der Waals surface area contributed by atoms with Gasteiger partial charge in [-0.05, 0) is 51.1 Å². The zero-order valence-electron chi connectivity index (χ0n) is 10.8. The lowest BCUT2D eigenvalue weighted by Gasteiger charge is -2.34. The Morgan fingerprint density at radius 1 is 1.35 bits per heavy atom. The maximum absolute atomic E-state index is 5.46. The van der Waals surface area contributed by atoms with E-state index >= 15 is 0 Å². The highest BCUT2D eigenvalue weighted by molar-refractivity contribution is 5.49. The second kappa shape index (κ2) is 5.92. The lowest BCUT2D eigenvalue weighted by molar-refractivity contribution is 0.340. The molecule has 0 amide bonds. The van der Waals surface area contributed by atoms with E-state index in [1.54, 1.807) is 0 Å². The van der Waals surface area contributed by atoms with Crippen LogP contribution in [-0.2, 0) is 0 Å². The molecule has 1 saturated heterocycles. The maximum Gasteiger partial charge on any atom is 0.119 e. The van der Waals surface area contributed by atoms with Crippen LogP contribution in [0.4, 0.5) is 5.69 Å². The van der Waals surface area contributed by atoms with Crippen molar-refractivity contribution in [3.05, 3.63) is 24.3 Å². The van der Waals surface area contributed by atoms with Gasteiger partial charge in [0, 0.05) is 24.8 Å². The lowest BCUT2D eigenvalue weighted by Crippen LogP contribution is -2.44. The Morgan fingerprint density at radius 3 is 2.76 bits per heavy atom. The van der Waals surface area contributed by atoms with E-state index in [1.807, 2.05) is 14.0 Å². The summed E-state index contributed by atoms with van der Waals surface area (Å²) in [6, 6.07) is 9.05. The van der Waals surface area contributed by atoms with Gasteiger partial charge in [0.25, 0.3) is 0 Å². The van der Waals surface area contributed by atoms with Gasteiger partial charge in [0.2, 0.25) is 0 Å². The van der Waals surface area contributed by atoms with Crippen LogP contribution in [0.1, 0.15) is 19.8 Å². The molecule has 0 spiro atoms. The van der Waals surface area contributed by atoms with Crippen molar-refractivity contribution in [2.45, 2.75) is 25.8 Å². The smallest absolute Gasteiger partial charge is 0.119 e. The highest BCUT2D eigenvalue weighted by Crippen LogP contribution is 2.22. The van der Waals surface area contributed by atoms with Crippen LogP contribution in [0.25, 0.3) is 0 Å². The first-order chi connectivity index (χ1) is 8.33. The highest BCUT2D eigenvalue weighted by Gasteiger charge is 2.18. The summed E-state index contributed by atoms with van der Waals surface area (Å²) in [5.41, 5.74) is 1.30. The predicted molar refractivity (Wildman–Crippen MR) is 71.9 cm³/mol. The minimum absolute atomic E-state index is 0.621. The quantitative estimate of drug-likeness (QED) is 0.865. The fourth-order valence-corrected chi connectivity index (χ4v) is 2.37. The Balaban J connectivity index is 2.01. The maximum atomic E-state index is 5.46. The Labute approximate surface area is 104 Å². The molecular formula is C14H22N2O. The molecule has 1 heterocycles. The summed E-state index contributed by atoms with van der Waals surface area (Å²) in [5.74, 6) is 0.957. The van der Waals surface area contributed by atoms with Gasteiger partial charge in [0.1, 0.15) is 5.75 Å². The summed E-state index contributed by atoms with van der Waals surface area (Å²) < 4.78 is 5.46. The Hall–Kier alpha value is -1.22. The number of benzene rings is 1. The summed E-state index contributed by atoms with van der Waals surface area (Å²) in [6.45, 7) is 5.00. The topological polar surface area (TPSA) is 24.5 Å². The molecule has 0 bridgehead atoms. The normalized spacial score (nSPS) is 20.4. The average molecular weight is 234 g/mol. The average Bonchev–Trinajstić information content (AvgIpc) is 2.40. The van der Waals surface area contributed by atoms with Crippen molar-refractivity contribution in [1.82, 2.24) is 5.32 Å². The van der Waals surface area contributed by atoms with E-state index in [4.69, 9.17) is 4.74 Å². The highest BCUT2D eigenvalue weighted by atomic mass is 16.5. The molecule has 17 heavy (non-hydrogen) atoms. The van der Waals surface area contributed by atoms with Gasteiger partial charge in [-0.1, -0.05) is 0 Å². The second-order valence-corrected chi connectivity index (χ2v) is 4.50. The van der Waals surface area contributed by atoms with Crippen LogP contribution in [0.5, 0.6) is 5.75 Å². The monoisotopic (exact) mass is 234 g/mol. The van der Waals surface area contributed by atoms with Gasteiger partial charge in [-0.15, -0.1) is 0 Å². The SMILES string of the molecule is CCOc1ccc(N2CCCC(NC)C2)cc1. The van der Waals surface area contributed by atoms with Gasteiger partial charge in [-0.2, -0.15) is 0 Å². The number of nitrogens with zero attached hydrogens (tertiary/aromatic N) is 1. The van der Waals surface area contributed by atoms with E-state index in [9.17, 15) is 0 Å². The van der Waals surface area contributed by atoms with Gasteiger partial charge in [0.15, 0.2) is 0 Å². The third-order valence-corrected chi connectivity index (χ3v) is 3.34. The fourth-order valence-electron chi connectivity index (χ4n) is 2.37. The number of hydrogen-bond acceptors (Lipinski definition) is 3. The Morgan fingerprint density at radius 2 is 2.12 bits per heavy atom. The van der Waals surface area contributed by atoms with Crippen molar-refractivity contribution in [2.24, 2.45) is 0 Å². The van der Waals surface area contributed by atoms with Crippen LogP contribution in [0.15, 0.2) is 24.3 Å². The molecule has 0 saturated carbocycles. The zero-order chi connectivity index (χ0) is 12.1. The van der Waals surface area contributed by atoms with Crippen molar-refractivity contribution in [1.29, 1.82) is 0 Å². The Bertz CT molecular complexity index is 337. The van der Waals surface area contributed by atoms with E-state index in [-0.39, 0.29) is 0 Å². The summed E-state index contributed by atoms with van der Waals surface area (Å²) in [5, 5.41) is 3.37. The molecule has 3 heteroatoms. The summed E-state index contributed by atoms with van der Waals surface area (Å²) in [6.07, 6.45) is 2.54. The molecule has 1 unspecified atom stereocenters. The third-order valence-electron chi connectivity index (χ3n) is 3.34. The Kier molecular flexibility index (Phi) is 4.26. The molecule has 1 aliphatic heterocycles. The van der Waals surface area contributed by atoms with Crippen LogP contribution >= 0.6 is 0 Å². The minimum atomic E-state index is 0.621. The van der Waals surface area contributed by atoms with Crippen molar-refractivity contribution in [3.63, 3.8) is 0 Å².